The van der Waals surface area contributed by atoms with E-state index in [9.17, 15) is 23.3 Å². The number of nitrogens with one attached hydrogen (secondary N) is 1. The van der Waals surface area contributed by atoms with Crippen molar-refractivity contribution < 1.29 is 22.6 Å². The molecule has 1 saturated heterocycles. The maximum absolute atomic E-state index is 12.5. The van der Waals surface area contributed by atoms with Gasteiger partial charge in [0, 0.05) is 17.1 Å². The zero-order valence-electron chi connectivity index (χ0n) is 14.7. The number of nitrogens with zero attached hydrogens (tertiary/aromatic N) is 2. The van der Waals surface area contributed by atoms with Gasteiger partial charge in [-0.15, -0.1) is 0 Å². The number of sulfone groups is 1. The Hall–Kier alpha value is -2.43. The Kier molecular flexibility index (Phi) is 6.01. The van der Waals surface area contributed by atoms with Crippen molar-refractivity contribution in [3.8, 4) is 0 Å². The molecule has 9 nitrogen and oxygen atoms in total. The predicted molar refractivity (Wildman–Crippen MR) is 103 cm³/mol. The fourth-order valence-electron chi connectivity index (χ4n) is 3.12. The van der Waals surface area contributed by atoms with Gasteiger partial charge in [-0.3, -0.25) is 19.8 Å². The van der Waals surface area contributed by atoms with Crippen LogP contribution in [0.4, 0.5) is 11.4 Å². The lowest BCUT2D eigenvalue weighted by molar-refractivity contribution is -0.383. The van der Waals surface area contributed by atoms with Gasteiger partial charge in [0.05, 0.1) is 35.8 Å². The second-order valence-electron chi connectivity index (χ2n) is 6.51. The van der Waals surface area contributed by atoms with Gasteiger partial charge in [-0.1, -0.05) is 11.6 Å². The summed E-state index contributed by atoms with van der Waals surface area (Å²) in [5.41, 5.74) is -0.293. The second kappa shape index (κ2) is 8.29. The van der Waals surface area contributed by atoms with E-state index >= 15 is 0 Å². The fourth-order valence-corrected chi connectivity index (χ4v) is 5.04. The van der Waals surface area contributed by atoms with Gasteiger partial charge in [-0.05, 0) is 30.7 Å². The number of rotatable bonds is 7. The van der Waals surface area contributed by atoms with Crippen LogP contribution in [0.15, 0.2) is 41.0 Å². The number of halogens is 1. The smallest absolute Gasteiger partial charge is 0.294 e. The third-order valence-corrected chi connectivity index (χ3v) is 6.43. The quantitative estimate of drug-likeness (QED) is 0.531. The molecule has 0 saturated carbocycles. The molecule has 1 atom stereocenters. The van der Waals surface area contributed by atoms with Gasteiger partial charge < -0.3 is 9.73 Å². The van der Waals surface area contributed by atoms with Crippen LogP contribution in [0.5, 0.6) is 0 Å². The molecule has 1 aromatic heterocycles. The van der Waals surface area contributed by atoms with E-state index in [0.29, 0.717) is 12.2 Å². The average molecular weight is 428 g/mol. The van der Waals surface area contributed by atoms with Crippen molar-refractivity contribution in [2.24, 2.45) is 0 Å². The third-order valence-electron chi connectivity index (χ3n) is 4.44. The van der Waals surface area contributed by atoms with E-state index in [1.165, 1.54) is 18.4 Å². The number of benzene rings is 1. The lowest BCUT2D eigenvalue weighted by atomic mass is 10.2. The van der Waals surface area contributed by atoms with Crippen LogP contribution in [0.2, 0.25) is 5.02 Å². The van der Waals surface area contributed by atoms with E-state index in [2.05, 4.69) is 5.32 Å². The molecule has 150 valence electrons. The summed E-state index contributed by atoms with van der Waals surface area (Å²) in [5.74, 6) is 0.120. The lowest BCUT2D eigenvalue weighted by Gasteiger charge is -2.26. The Balaban J connectivity index is 1.75. The van der Waals surface area contributed by atoms with Crippen molar-refractivity contribution in [3.05, 3.63) is 57.5 Å². The van der Waals surface area contributed by atoms with Crippen LogP contribution in [-0.4, -0.2) is 48.2 Å². The number of furan rings is 1. The summed E-state index contributed by atoms with van der Waals surface area (Å²) in [6, 6.07) is 7.06. The normalized spacial score (nSPS) is 18.3. The molecule has 3 rings (SSSR count). The molecule has 0 bridgehead atoms. The standard InChI is InChI=1S/C17H18ClN3O6S/c18-12-3-4-15(16(8-12)21(23)24)19-17(22)10-20(9-14-2-1-6-27-14)13-5-7-28(25,26)11-13/h1-4,6,8,13H,5,7,9-11H2,(H,19,22)/t13-/m0/s1. The molecule has 1 aromatic carbocycles. The maximum Gasteiger partial charge on any atom is 0.294 e. The van der Waals surface area contributed by atoms with Crippen LogP contribution in [0.3, 0.4) is 0 Å². The fraction of sp³-hybridized carbons (Fsp3) is 0.353. The summed E-state index contributed by atoms with van der Waals surface area (Å²) in [4.78, 5) is 24.8. The van der Waals surface area contributed by atoms with Crippen molar-refractivity contribution in [3.63, 3.8) is 0 Å². The Labute approximate surface area is 166 Å². The minimum Gasteiger partial charge on any atom is -0.468 e. The molecule has 0 radical (unpaired) electrons. The molecule has 1 fully saturated rings. The number of hydrogen-bond acceptors (Lipinski definition) is 7. The number of anilines is 1. The number of hydrogen-bond donors (Lipinski definition) is 1. The molecular formula is C17H18ClN3O6S. The zero-order valence-corrected chi connectivity index (χ0v) is 16.3. The van der Waals surface area contributed by atoms with Gasteiger partial charge >= 0.3 is 0 Å². The van der Waals surface area contributed by atoms with E-state index in [1.807, 2.05) is 0 Å². The number of carbonyl (C=O) groups excluding carboxylic acids is 1. The van der Waals surface area contributed by atoms with Gasteiger partial charge in [-0.2, -0.15) is 0 Å². The Morgan fingerprint density at radius 2 is 2.18 bits per heavy atom. The SMILES string of the molecule is O=C(CN(Cc1ccco1)[C@H]1CCS(=O)(=O)C1)Nc1ccc(Cl)cc1[N+](=O)[O-]. The van der Waals surface area contributed by atoms with E-state index in [-0.39, 0.29) is 47.0 Å². The summed E-state index contributed by atoms with van der Waals surface area (Å²) in [6.07, 6.45) is 1.91. The molecule has 28 heavy (non-hydrogen) atoms. The molecule has 0 spiro atoms. The van der Waals surface area contributed by atoms with Crippen LogP contribution < -0.4 is 5.32 Å². The van der Waals surface area contributed by atoms with Crippen molar-refractivity contribution in [2.75, 3.05) is 23.4 Å². The topological polar surface area (TPSA) is 123 Å². The molecule has 1 amide bonds. The van der Waals surface area contributed by atoms with Gasteiger partial charge in [0.25, 0.3) is 5.69 Å². The van der Waals surface area contributed by atoms with Crippen molar-refractivity contribution >= 4 is 38.7 Å². The third kappa shape index (κ3) is 5.09. The number of nitro groups is 1. The molecule has 11 heteroatoms. The Morgan fingerprint density at radius 3 is 2.79 bits per heavy atom. The largest absolute Gasteiger partial charge is 0.468 e. The van der Waals surface area contributed by atoms with Gasteiger partial charge in [0.1, 0.15) is 11.4 Å². The Bertz CT molecular complexity index is 977. The van der Waals surface area contributed by atoms with E-state index in [0.717, 1.165) is 6.07 Å². The second-order valence-corrected chi connectivity index (χ2v) is 9.17. The van der Waals surface area contributed by atoms with E-state index < -0.39 is 20.7 Å². The monoisotopic (exact) mass is 427 g/mol. The number of amides is 1. The lowest BCUT2D eigenvalue weighted by Crippen LogP contribution is -2.41. The summed E-state index contributed by atoms with van der Waals surface area (Å²) >= 11 is 5.78. The predicted octanol–water partition coefficient (Wildman–Crippen LogP) is 2.47. The van der Waals surface area contributed by atoms with Gasteiger partial charge in [0.2, 0.25) is 5.91 Å². The van der Waals surface area contributed by atoms with E-state index in [1.54, 1.807) is 17.0 Å². The van der Waals surface area contributed by atoms with Crippen LogP contribution in [0, 0.1) is 10.1 Å². The Morgan fingerprint density at radius 1 is 1.39 bits per heavy atom. The highest BCUT2D eigenvalue weighted by Crippen LogP contribution is 2.28. The first-order valence-electron chi connectivity index (χ1n) is 8.44. The molecule has 2 aromatic rings. The highest BCUT2D eigenvalue weighted by molar-refractivity contribution is 7.91. The summed E-state index contributed by atoms with van der Waals surface area (Å²) < 4.78 is 29.0. The summed E-state index contributed by atoms with van der Waals surface area (Å²) in [7, 11) is -3.14. The minimum atomic E-state index is -3.14. The first-order chi connectivity index (χ1) is 13.2. The maximum atomic E-state index is 12.5. The molecule has 1 aliphatic heterocycles. The minimum absolute atomic E-state index is 0.0244. The van der Waals surface area contributed by atoms with Crippen molar-refractivity contribution in [1.29, 1.82) is 0 Å². The summed E-state index contributed by atoms with van der Waals surface area (Å²) in [6.45, 7) is 0.115. The van der Waals surface area contributed by atoms with Gasteiger partial charge in [-0.25, -0.2) is 8.42 Å². The van der Waals surface area contributed by atoms with Crippen molar-refractivity contribution in [1.82, 2.24) is 4.90 Å². The number of carbonyl (C=O) groups is 1. The molecular weight excluding hydrogens is 410 g/mol. The molecule has 0 unspecified atom stereocenters. The van der Waals surface area contributed by atoms with E-state index in [4.69, 9.17) is 16.0 Å². The molecule has 2 heterocycles. The van der Waals surface area contributed by atoms with Gasteiger partial charge in [0.15, 0.2) is 9.84 Å². The average Bonchev–Trinajstić information content (AvgIpc) is 3.25. The zero-order chi connectivity index (χ0) is 20.3. The highest BCUT2D eigenvalue weighted by atomic mass is 35.5. The van der Waals surface area contributed by atoms with Crippen LogP contribution in [0.25, 0.3) is 0 Å². The summed E-state index contributed by atoms with van der Waals surface area (Å²) in [5, 5.41) is 13.9. The first kappa shape index (κ1) is 20.3. The van der Waals surface area contributed by atoms with Crippen LogP contribution in [0.1, 0.15) is 12.2 Å². The molecule has 1 N–H and O–H groups in total. The molecule has 0 aliphatic carbocycles. The first-order valence-corrected chi connectivity index (χ1v) is 10.6. The van der Waals surface area contributed by atoms with Crippen molar-refractivity contribution in [2.45, 2.75) is 19.0 Å². The molecule has 1 aliphatic rings. The number of nitro benzene ring substituents is 1. The van der Waals surface area contributed by atoms with Crippen LogP contribution in [-0.2, 0) is 21.2 Å². The van der Waals surface area contributed by atoms with Crippen LogP contribution >= 0.6 is 11.6 Å². The highest BCUT2D eigenvalue weighted by Gasteiger charge is 2.33.